The largest absolute Gasteiger partial charge is 0.477 e. The van der Waals surface area contributed by atoms with Crippen molar-refractivity contribution in [2.45, 2.75) is 18.9 Å². The van der Waals surface area contributed by atoms with Crippen LogP contribution >= 0.6 is 0 Å². The molecule has 0 spiro atoms. The van der Waals surface area contributed by atoms with Gasteiger partial charge in [-0.15, -0.1) is 0 Å². The second-order valence-electron chi connectivity index (χ2n) is 3.93. The number of aromatic carboxylic acids is 1. The van der Waals surface area contributed by atoms with E-state index in [4.69, 9.17) is 5.11 Å². The molecule has 0 atom stereocenters. The van der Waals surface area contributed by atoms with Crippen molar-refractivity contribution < 1.29 is 15.0 Å². The van der Waals surface area contributed by atoms with Gasteiger partial charge in [-0.2, -0.15) is 0 Å². The lowest BCUT2D eigenvalue weighted by atomic mass is 10.1. The monoisotopic (exact) mass is 222 g/mol. The number of piperidine rings is 1. The van der Waals surface area contributed by atoms with Gasteiger partial charge in [-0.05, 0) is 25.0 Å². The Balaban J connectivity index is 2.07. The summed E-state index contributed by atoms with van der Waals surface area (Å²) in [6.07, 6.45) is 2.87. The van der Waals surface area contributed by atoms with E-state index in [0.29, 0.717) is 0 Å². The van der Waals surface area contributed by atoms with Crippen LogP contribution in [0.15, 0.2) is 18.3 Å². The molecule has 0 radical (unpaired) electrons. The van der Waals surface area contributed by atoms with Gasteiger partial charge in [0, 0.05) is 13.1 Å². The fourth-order valence-electron chi connectivity index (χ4n) is 1.82. The van der Waals surface area contributed by atoms with Crippen LogP contribution < -0.4 is 4.90 Å². The van der Waals surface area contributed by atoms with Crippen molar-refractivity contribution >= 4 is 11.7 Å². The van der Waals surface area contributed by atoms with Crippen LogP contribution in [0, 0.1) is 0 Å². The maximum Gasteiger partial charge on any atom is 0.354 e. The first-order valence-electron chi connectivity index (χ1n) is 5.29. The van der Waals surface area contributed by atoms with Crippen molar-refractivity contribution in [3.8, 4) is 0 Å². The van der Waals surface area contributed by atoms with Gasteiger partial charge in [-0.25, -0.2) is 9.78 Å². The summed E-state index contributed by atoms with van der Waals surface area (Å²) in [5, 5.41) is 18.1. The van der Waals surface area contributed by atoms with Gasteiger partial charge in [-0.3, -0.25) is 0 Å². The standard InChI is InChI=1S/C11H14N2O3/c14-9-3-5-13(6-4-9)8-1-2-10(11(15)16)12-7-8/h1-2,7,9,14H,3-6H2,(H,15,16). The van der Waals surface area contributed by atoms with Crippen molar-refractivity contribution in [2.24, 2.45) is 0 Å². The molecule has 1 aromatic heterocycles. The number of rotatable bonds is 2. The van der Waals surface area contributed by atoms with E-state index in [1.54, 1.807) is 12.3 Å². The molecule has 0 unspecified atom stereocenters. The van der Waals surface area contributed by atoms with Crippen molar-refractivity contribution in [1.29, 1.82) is 0 Å². The van der Waals surface area contributed by atoms with E-state index in [1.165, 1.54) is 6.07 Å². The highest BCUT2D eigenvalue weighted by molar-refractivity contribution is 5.85. The Morgan fingerprint density at radius 2 is 2.06 bits per heavy atom. The highest BCUT2D eigenvalue weighted by Crippen LogP contribution is 2.19. The second-order valence-corrected chi connectivity index (χ2v) is 3.93. The van der Waals surface area contributed by atoms with E-state index >= 15 is 0 Å². The van der Waals surface area contributed by atoms with E-state index in [1.807, 2.05) is 0 Å². The number of aliphatic hydroxyl groups is 1. The molecule has 0 saturated carbocycles. The van der Waals surface area contributed by atoms with Crippen LogP contribution in [0.1, 0.15) is 23.3 Å². The van der Waals surface area contributed by atoms with Gasteiger partial charge < -0.3 is 15.1 Å². The molecule has 1 fully saturated rings. The Labute approximate surface area is 93.3 Å². The highest BCUT2D eigenvalue weighted by Gasteiger charge is 2.17. The zero-order valence-electron chi connectivity index (χ0n) is 8.83. The number of carbonyl (C=O) groups is 1. The van der Waals surface area contributed by atoms with Gasteiger partial charge >= 0.3 is 5.97 Å². The fourth-order valence-corrected chi connectivity index (χ4v) is 1.82. The van der Waals surface area contributed by atoms with Gasteiger partial charge in [0.2, 0.25) is 0 Å². The fraction of sp³-hybridized carbons (Fsp3) is 0.455. The molecular weight excluding hydrogens is 208 g/mol. The van der Waals surface area contributed by atoms with E-state index < -0.39 is 5.97 Å². The Kier molecular flexibility index (Phi) is 3.05. The minimum atomic E-state index is -1.01. The molecule has 0 bridgehead atoms. The average Bonchev–Trinajstić information content (AvgIpc) is 2.30. The zero-order chi connectivity index (χ0) is 11.5. The third-order valence-electron chi connectivity index (χ3n) is 2.80. The number of aliphatic hydroxyl groups excluding tert-OH is 1. The molecule has 0 aromatic carbocycles. The first-order valence-corrected chi connectivity index (χ1v) is 5.29. The van der Waals surface area contributed by atoms with Crippen molar-refractivity contribution in [1.82, 2.24) is 4.98 Å². The van der Waals surface area contributed by atoms with E-state index in [-0.39, 0.29) is 11.8 Å². The number of hydrogen-bond acceptors (Lipinski definition) is 4. The molecule has 5 nitrogen and oxygen atoms in total. The number of aromatic nitrogens is 1. The van der Waals surface area contributed by atoms with Crippen LogP contribution in [0.25, 0.3) is 0 Å². The molecule has 86 valence electrons. The lowest BCUT2D eigenvalue weighted by Crippen LogP contribution is -2.35. The summed E-state index contributed by atoms with van der Waals surface area (Å²) in [7, 11) is 0. The Hall–Kier alpha value is -1.62. The lowest BCUT2D eigenvalue weighted by molar-refractivity contribution is 0.0690. The smallest absolute Gasteiger partial charge is 0.354 e. The quantitative estimate of drug-likeness (QED) is 0.772. The lowest BCUT2D eigenvalue weighted by Gasteiger charge is -2.31. The summed E-state index contributed by atoms with van der Waals surface area (Å²) in [5.41, 5.74) is 0.970. The summed E-state index contributed by atoms with van der Waals surface area (Å²) in [4.78, 5) is 16.6. The van der Waals surface area contributed by atoms with Crippen LogP contribution in [-0.2, 0) is 0 Å². The van der Waals surface area contributed by atoms with Gasteiger partial charge in [0.15, 0.2) is 0 Å². The molecule has 1 saturated heterocycles. The summed E-state index contributed by atoms with van der Waals surface area (Å²) in [6.45, 7) is 1.57. The number of hydrogen-bond donors (Lipinski definition) is 2. The summed E-state index contributed by atoms with van der Waals surface area (Å²) < 4.78 is 0. The Morgan fingerprint density at radius 3 is 2.56 bits per heavy atom. The average molecular weight is 222 g/mol. The number of nitrogens with zero attached hydrogens (tertiary/aromatic N) is 2. The van der Waals surface area contributed by atoms with E-state index in [9.17, 15) is 9.90 Å². The third-order valence-corrected chi connectivity index (χ3v) is 2.80. The van der Waals surface area contributed by atoms with Crippen LogP contribution in [0.3, 0.4) is 0 Å². The maximum absolute atomic E-state index is 10.6. The van der Waals surface area contributed by atoms with Crippen LogP contribution in [0.4, 0.5) is 5.69 Å². The molecule has 1 aromatic rings. The Morgan fingerprint density at radius 1 is 1.38 bits per heavy atom. The second kappa shape index (κ2) is 4.49. The zero-order valence-corrected chi connectivity index (χ0v) is 8.83. The molecule has 16 heavy (non-hydrogen) atoms. The number of anilines is 1. The molecule has 2 N–H and O–H groups in total. The van der Waals surface area contributed by atoms with Gasteiger partial charge in [0.1, 0.15) is 5.69 Å². The molecule has 1 aliphatic heterocycles. The molecule has 2 heterocycles. The van der Waals surface area contributed by atoms with Gasteiger partial charge in [0.05, 0.1) is 18.0 Å². The normalized spacial score (nSPS) is 17.4. The van der Waals surface area contributed by atoms with Crippen LogP contribution in [0.5, 0.6) is 0 Å². The maximum atomic E-state index is 10.6. The van der Waals surface area contributed by atoms with Crippen LogP contribution in [-0.4, -0.2) is 40.4 Å². The van der Waals surface area contributed by atoms with Crippen molar-refractivity contribution in [3.63, 3.8) is 0 Å². The minimum Gasteiger partial charge on any atom is -0.477 e. The summed E-state index contributed by atoms with van der Waals surface area (Å²) in [5.74, 6) is -1.01. The van der Waals surface area contributed by atoms with Gasteiger partial charge in [-0.1, -0.05) is 0 Å². The number of carboxylic acid groups (broad SMARTS) is 1. The molecule has 0 aliphatic carbocycles. The third kappa shape index (κ3) is 2.30. The van der Waals surface area contributed by atoms with Crippen molar-refractivity contribution in [2.75, 3.05) is 18.0 Å². The molecule has 1 aliphatic rings. The summed E-state index contributed by atoms with van der Waals surface area (Å²) >= 11 is 0. The Bertz CT molecular complexity index is 369. The first kappa shape index (κ1) is 10.9. The van der Waals surface area contributed by atoms with Gasteiger partial charge in [0.25, 0.3) is 0 Å². The molecule has 2 rings (SSSR count). The first-order chi connectivity index (χ1) is 7.66. The predicted molar refractivity (Wildman–Crippen MR) is 58.7 cm³/mol. The summed E-state index contributed by atoms with van der Waals surface area (Å²) in [6, 6.07) is 3.26. The van der Waals surface area contributed by atoms with E-state index in [0.717, 1.165) is 31.6 Å². The molecule has 0 amide bonds. The van der Waals surface area contributed by atoms with E-state index in [2.05, 4.69) is 9.88 Å². The molecule has 5 heteroatoms. The van der Waals surface area contributed by atoms with Crippen molar-refractivity contribution in [3.05, 3.63) is 24.0 Å². The number of pyridine rings is 1. The minimum absolute atomic E-state index is 0.0563. The SMILES string of the molecule is O=C(O)c1ccc(N2CCC(O)CC2)cn1. The highest BCUT2D eigenvalue weighted by atomic mass is 16.4. The van der Waals surface area contributed by atoms with Crippen LogP contribution in [0.2, 0.25) is 0 Å². The molecular formula is C11H14N2O3. The topological polar surface area (TPSA) is 73.7 Å². The predicted octanol–water partition coefficient (Wildman–Crippen LogP) is 0.741. The number of carboxylic acids is 1.